The Hall–Kier alpha value is -7.89. The van der Waals surface area contributed by atoms with Gasteiger partial charge in [-0.1, -0.05) is 190 Å². The molecule has 0 saturated heterocycles. The van der Waals surface area contributed by atoms with Crippen molar-refractivity contribution in [3.63, 3.8) is 0 Å². The van der Waals surface area contributed by atoms with E-state index in [0.717, 1.165) is 72.6 Å². The molecule has 11 rings (SSSR count). The first-order valence-corrected chi connectivity index (χ1v) is 24.5. The highest BCUT2D eigenvalue weighted by atomic mass is 16.5. The zero-order valence-electron chi connectivity index (χ0n) is 47.1. The first-order valence-electron chi connectivity index (χ1n) is 27.0. The lowest BCUT2D eigenvalue weighted by molar-refractivity contribution is 0.483. The van der Waals surface area contributed by atoms with Crippen LogP contribution >= 0.6 is 0 Å². The summed E-state index contributed by atoms with van der Waals surface area (Å²) in [6.45, 7) is 20.8. The Morgan fingerprint density at radius 2 is 1.07 bits per heavy atom. The largest absolute Gasteiger partial charge is 0.457 e. The molecule has 0 aliphatic carbocycles. The van der Waals surface area contributed by atoms with Gasteiger partial charge in [0, 0.05) is 45.9 Å². The molecule has 0 spiro atoms. The fraction of sp³-hybridized carbons (Fsp3) is 0.197. The smallest absolute Gasteiger partial charge is 0.137 e. The van der Waals surface area contributed by atoms with Crippen LogP contribution in [0.15, 0.2) is 200 Å². The summed E-state index contributed by atoms with van der Waals surface area (Å²) < 4.78 is 51.4. The average Bonchev–Trinajstić information content (AvgIpc) is 3.96. The Labute approximate surface area is 426 Å². The lowest BCUT2D eigenvalue weighted by atomic mass is 9.78. The third-order valence-corrected chi connectivity index (χ3v) is 13.9. The van der Waals surface area contributed by atoms with E-state index in [1.165, 1.54) is 16.7 Å². The first kappa shape index (κ1) is 39.9. The fourth-order valence-corrected chi connectivity index (χ4v) is 9.91. The summed E-state index contributed by atoms with van der Waals surface area (Å²) in [6, 6.07) is 55.6. The number of hydrogen-bond donors (Lipinski definition) is 0. The van der Waals surface area contributed by atoms with Gasteiger partial charge in [0.25, 0.3) is 0 Å². The van der Waals surface area contributed by atoms with Crippen LogP contribution in [0.1, 0.15) is 85.9 Å². The topological polar surface area (TPSA) is 33.5 Å². The van der Waals surface area contributed by atoms with Crippen molar-refractivity contribution in [2.24, 2.45) is 0 Å². The monoisotopic (exact) mass is 932 g/mol. The number of para-hydroxylation sites is 4. The maximum absolute atomic E-state index is 8.72. The van der Waals surface area contributed by atoms with Gasteiger partial charge in [-0.25, -0.2) is 4.98 Å². The minimum Gasteiger partial charge on any atom is -0.457 e. The summed E-state index contributed by atoms with van der Waals surface area (Å²) in [5.41, 5.74) is 14.5. The molecule has 352 valence electrons. The highest BCUT2D eigenvalue weighted by Gasteiger charge is 2.32. The summed E-state index contributed by atoms with van der Waals surface area (Å²) >= 11 is 0. The third-order valence-electron chi connectivity index (χ3n) is 13.9. The van der Waals surface area contributed by atoms with Crippen LogP contribution in [0.25, 0.3) is 61.0 Å². The molecular weight excluding hydrogens is 865 g/mol. The van der Waals surface area contributed by atoms with E-state index in [0.29, 0.717) is 23.7 Å². The van der Waals surface area contributed by atoms with E-state index < -0.39 is 6.04 Å². The molecule has 5 nitrogen and oxygen atoms in total. The Morgan fingerprint density at radius 1 is 0.465 bits per heavy atom. The van der Waals surface area contributed by atoms with Crippen LogP contribution in [0.3, 0.4) is 0 Å². The third kappa shape index (κ3) is 8.65. The lowest BCUT2D eigenvalue weighted by Crippen LogP contribution is -2.25. The number of ether oxygens (including phenoxy) is 1. The molecule has 71 heavy (non-hydrogen) atoms. The zero-order valence-corrected chi connectivity index (χ0v) is 42.1. The van der Waals surface area contributed by atoms with Crippen LogP contribution in [0.4, 0.5) is 22.7 Å². The van der Waals surface area contributed by atoms with Gasteiger partial charge in [0.05, 0.1) is 34.9 Å². The molecular formula is C66H62N4O. The van der Waals surface area contributed by atoms with Gasteiger partial charge in [-0.05, 0) is 110 Å². The molecule has 0 bridgehead atoms. The van der Waals surface area contributed by atoms with E-state index in [-0.39, 0.29) is 46.0 Å². The number of benzene rings is 8. The van der Waals surface area contributed by atoms with E-state index >= 15 is 0 Å². The van der Waals surface area contributed by atoms with Crippen molar-refractivity contribution < 1.29 is 11.6 Å². The van der Waals surface area contributed by atoms with Crippen molar-refractivity contribution in [1.29, 1.82) is 0 Å². The van der Waals surface area contributed by atoms with Crippen molar-refractivity contribution in [1.82, 2.24) is 9.55 Å². The molecule has 1 aliphatic heterocycles. The predicted molar refractivity (Wildman–Crippen MR) is 300 cm³/mol. The Balaban J connectivity index is 1.02. The maximum Gasteiger partial charge on any atom is 0.137 e. The maximum atomic E-state index is 8.72. The normalized spacial score (nSPS) is 14.0. The van der Waals surface area contributed by atoms with Crippen LogP contribution in [0.2, 0.25) is 0 Å². The molecule has 0 saturated carbocycles. The minimum absolute atomic E-state index is 0.0439. The van der Waals surface area contributed by atoms with Crippen molar-refractivity contribution >= 4 is 44.6 Å². The van der Waals surface area contributed by atoms with Crippen LogP contribution in [0, 0.1) is 0 Å². The van der Waals surface area contributed by atoms with Crippen molar-refractivity contribution in [3.8, 4) is 50.7 Å². The second kappa shape index (κ2) is 17.5. The van der Waals surface area contributed by atoms with E-state index in [4.69, 9.17) is 16.6 Å². The number of anilines is 4. The van der Waals surface area contributed by atoms with Gasteiger partial charge in [-0.15, -0.1) is 0 Å². The summed E-state index contributed by atoms with van der Waals surface area (Å²) in [7, 11) is 0. The fourth-order valence-electron chi connectivity index (χ4n) is 9.91. The molecule has 0 radical (unpaired) electrons. The van der Waals surface area contributed by atoms with Gasteiger partial charge in [0.1, 0.15) is 24.0 Å². The summed E-state index contributed by atoms with van der Waals surface area (Å²) in [4.78, 5) is 9.64. The SMILES string of the molecule is [2H]c1c([2H])c([2H])c(-c2ccc(-c3cccc(-c4cc(C(C)(C)C)cc(C(C)(C)C)c4)c3N3CN(c4cccc(Oc5ccc6c7ccccc7n(-c7cc(C(C)(C)C)ccn7)c6c5)c4)c4ccccc43)cc2)c([2H])c1[2H]. The van der Waals surface area contributed by atoms with E-state index in [1.54, 1.807) is 0 Å². The number of pyridine rings is 1. The van der Waals surface area contributed by atoms with E-state index in [2.05, 4.69) is 204 Å². The Morgan fingerprint density at radius 3 is 1.77 bits per heavy atom. The Bertz CT molecular complexity index is 3850. The van der Waals surface area contributed by atoms with Gasteiger partial charge in [-0.3, -0.25) is 4.57 Å². The molecule has 8 aromatic carbocycles. The van der Waals surface area contributed by atoms with Gasteiger partial charge in [0.2, 0.25) is 0 Å². The van der Waals surface area contributed by atoms with Crippen molar-refractivity contribution in [2.75, 3.05) is 16.5 Å². The van der Waals surface area contributed by atoms with Crippen molar-refractivity contribution in [2.45, 2.75) is 78.6 Å². The molecule has 0 unspecified atom stereocenters. The van der Waals surface area contributed by atoms with E-state index in [9.17, 15) is 0 Å². The molecule has 0 amide bonds. The van der Waals surface area contributed by atoms with Gasteiger partial charge < -0.3 is 14.5 Å². The second-order valence-electron chi connectivity index (χ2n) is 21.8. The molecule has 5 heteroatoms. The number of hydrogen-bond acceptors (Lipinski definition) is 4. The molecule has 3 heterocycles. The molecule has 10 aromatic rings. The first-order chi connectivity index (χ1) is 36.2. The van der Waals surface area contributed by atoms with Crippen LogP contribution in [0.5, 0.6) is 11.5 Å². The Kier molecular flexibility index (Phi) is 9.84. The second-order valence-corrected chi connectivity index (χ2v) is 21.8. The quantitative estimate of drug-likeness (QED) is 0.152. The molecule has 0 N–H and O–H groups in total. The highest BCUT2D eigenvalue weighted by molar-refractivity contribution is 6.09. The lowest BCUT2D eigenvalue weighted by Gasteiger charge is -2.29. The van der Waals surface area contributed by atoms with E-state index in [1.807, 2.05) is 42.6 Å². The number of aromatic nitrogens is 2. The number of fused-ring (bicyclic) bond motifs is 4. The molecule has 2 aromatic heterocycles. The average molecular weight is 932 g/mol. The summed E-state index contributed by atoms with van der Waals surface area (Å²) in [5, 5.41) is 2.27. The highest BCUT2D eigenvalue weighted by Crippen LogP contribution is 2.51. The number of nitrogens with zero attached hydrogens (tertiary/aromatic N) is 4. The van der Waals surface area contributed by atoms with Crippen LogP contribution < -0.4 is 14.5 Å². The molecule has 1 aliphatic rings. The van der Waals surface area contributed by atoms with Gasteiger partial charge >= 0.3 is 0 Å². The minimum atomic E-state index is -0.407. The summed E-state index contributed by atoms with van der Waals surface area (Å²) in [5.74, 6) is 2.28. The van der Waals surface area contributed by atoms with Crippen molar-refractivity contribution in [3.05, 3.63) is 217 Å². The predicted octanol–water partition coefficient (Wildman–Crippen LogP) is 18.1. The van der Waals surface area contributed by atoms with Gasteiger partial charge in [-0.2, -0.15) is 0 Å². The summed E-state index contributed by atoms with van der Waals surface area (Å²) in [6.07, 6.45) is 1.90. The molecule has 0 atom stereocenters. The number of rotatable bonds is 8. The molecule has 0 fully saturated rings. The zero-order chi connectivity index (χ0) is 53.6. The van der Waals surface area contributed by atoms with Gasteiger partial charge in [0.15, 0.2) is 0 Å². The van der Waals surface area contributed by atoms with Crippen LogP contribution in [-0.4, -0.2) is 16.2 Å². The standard InChI is InChI=1S/C66H62N4O/c1-64(2,3)48-35-36-67-62(40-48)70-58-26-14-13-23-56(58)57-34-33-53(42-61(57)70)71-52-22-17-21-51(41-52)68-43-69(60-28-16-15-27-59(60)68)63-54(46-31-29-45(30-32-46)44-19-11-10-12-20-44)24-18-25-55(63)47-37-49(65(4,5)6)39-50(38-47)66(7,8)9/h10-42H,43H2,1-9H3/i10D,11D,12D,19D,20D. The van der Waals surface area contributed by atoms with Crippen LogP contribution in [-0.2, 0) is 16.2 Å².